The zero-order valence-electron chi connectivity index (χ0n) is 16.0. The summed E-state index contributed by atoms with van der Waals surface area (Å²) in [5.41, 5.74) is 0.498. The van der Waals surface area contributed by atoms with Gasteiger partial charge in [0.15, 0.2) is 0 Å². The molecule has 2 rings (SSSR count). The van der Waals surface area contributed by atoms with Gasteiger partial charge in [0.1, 0.15) is 0 Å². The minimum absolute atomic E-state index is 0.117. The van der Waals surface area contributed by atoms with E-state index in [-0.39, 0.29) is 11.9 Å². The Kier molecular flexibility index (Phi) is 7.97. The van der Waals surface area contributed by atoms with Crippen LogP contribution >= 0.6 is 11.8 Å². The molecule has 1 fully saturated rings. The Balaban J connectivity index is 1.95. The predicted octanol–water partition coefficient (Wildman–Crippen LogP) is 3.16. The molecular weight excluding hydrogens is 350 g/mol. The fraction of sp³-hybridized carbons (Fsp3) is 0.600. The molecule has 0 bridgehead atoms. The Bertz CT molecular complexity index is 594. The molecule has 5 nitrogen and oxygen atoms in total. The Morgan fingerprint density at radius 3 is 2.38 bits per heavy atom. The van der Waals surface area contributed by atoms with E-state index in [2.05, 4.69) is 0 Å². The van der Waals surface area contributed by atoms with Gasteiger partial charge in [-0.1, -0.05) is 12.1 Å². The topological polar surface area (TPSA) is 55.8 Å². The van der Waals surface area contributed by atoms with Gasteiger partial charge in [-0.3, -0.25) is 9.59 Å². The van der Waals surface area contributed by atoms with E-state index in [0.717, 1.165) is 5.56 Å². The molecule has 6 heteroatoms. The molecule has 0 aliphatic carbocycles. The van der Waals surface area contributed by atoms with Crippen LogP contribution in [0.3, 0.4) is 0 Å². The van der Waals surface area contributed by atoms with Crippen molar-refractivity contribution in [1.29, 1.82) is 0 Å². The quantitative estimate of drug-likeness (QED) is 0.513. The number of hydrogen-bond donors (Lipinski definition) is 0. The molecule has 144 valence electrons. The summed E-state index contributed by atoms with van der Waals surface area (Å²) in [6.07, 6.45) is 4.34. The van der Waals surface area contributed by atoms with Crippen molar-refractivity contribution >= 4 is 23.6 Å². The third-order valence-corrected chi connectivity index (χ3v) is 5.82. The summed E-state index contributed by atoms with van der Waals surface area (Å²) in [6, 6.07) is 8.10. The number of amides is 1. The molecule has 0 aromatic heterocycles. The average molecular weight is 380 g/mol. The largest absolute Gasteiger partial charge is 0.466 e. The van der Waals surface area contributed by atoms with Crippen LogP contribution in [0, 0.1) is 5.41 Å². The van der Waals surface area contributed by atoms with Gasteiger partial charge in [0.25, 0.3) is 0 Å². The van der Waals surface area contributed by atoms with E-state index in [9.17, 15) is 9.59 Å². The molecule has 1 aromatic rings. The number of methoxy groups -OCH3 is 1. The molecule has 0 unspecified atom stereocenters. The number of likely N-dealkylation sites (tertiary alicyclic amines) is 1. The van der Waals surface area contributed by atoms with Crippen LogP contribution in [-0.2, 0) is 25.5 Å². The van der Waals surface area contributed by atoms with Crippen molar-refractivity contribution < 1.29 is 19.1 Å². The predicted molar refractivity (Wildman–Crippen MR) is 103 cm³/mol. The molecule has 0 radical (unpaired) electrons. The Morgan fingerprint density at radius 2 is 1.85 bits per heavy atom. The number of carbonyl (C=O) groups excluding carboxylic acids is 2. The van der Waals surface area contributed by atoms with Crippen molar-refractivity contribution in [3.63, 3.8) is 0 Å². The van der Waals surface area contributed by atoms with Crippen molar-refractivity contribution in [2.75, 3.05) is 39.7 Å². The Morgan fingerprint density at radius 1 is 1.19 bits per heavy atom. The van der Waals surface area contributed by atoms with Crippen LogP contribution < -0.4 is 0 Å². The van der Waals surface area contributed by atoms with Crippen molar-refractivity contribution in [2.45, 2.75) is 37.5 Å². The maximum atomic E-state index is 12.6. The Labute approximate surface area is 160 Å². The highest BCUT2D eigenvalue weighted by Gasteiger charge is 2.43. The molecule has 0 spiro atoms. The van der Waals surface area contributed by atoms with Crippen LogP contribution in [0.15, 0.2) is 29.2 Å². The first-order valence-corrected chi connectivity index (χ1v) is 10.3. The number of ether oxygens (including phenoxy) is 2. The van der Waals surface area contributed by atoms with Crippen LogP contribution in [0.5, 0.6) is 0 Å². The number of thioether (sulfide) groups is 1. The number of hydrogen-bond acceptors (Lipinski definition) is 5. The molecule has 1 saturated heterocycles. The first kappa shape index (κ1) is 20.8. The van der Waals surface area contributed by atoms with Gasteiger partial charge >= 0.3 is 5.97 Å². The Hall–Kier alpha value is -1.53. The highest BCUT2D eigenvalue weighted by molar-refractivity contribution is 7.98. The summed E-state index contributed by atoms with van der Waals surface area (Å²) in [7, 11) is 1.64. The van der Waals surface area contributed by atoms with E-state index >= 15 is 0 Å². The normalized spacial score (nSPS) is 16.3. The van der Waals surface area contributed by atoms with Crippen molar-refractivity contribution in [3.05, 3.63) is 29.8 Å². The number of carbonyl (C=O) groups is 2. The van der Waals surface area contributed by atoms with Gasteiger partial charge in [-0.05, 0) is 50.1 Å². The van der Waals surface area contributed by atoms with Gasteiger partial charge in [0.05, 0.1) is 18.4 Å². The summed E-state index contributed by atoms with van der Waals surface area (Å²) >= 11 is 1.69. The standard InChI is InChI=1S/C20H29NO4S/c1-4-25-19(23)20(11-14-24-2)9-12-21(13-10-20)18(22)15-16-5-7-17(26-3)8-6-16/h5-8H,4,9-15H2,1-3H3. The van der Waals surface area contributed by atoms with Crippen LogP contribution in [0.1, 0.15) is 31.7 Å². The van der Waals surface area contributed by atoms with E-state index in [4.69, 9.17) is 9.47 Å². The van der Waals surface area contributed by atoms with Gasteiger partial charge < -0.3 is 14.4 Å². The van der Waals surface area contributed by atoms with Crippen molar-refractivity contribution in [1.82, 2.24) is 4.90 Å². The fourth-order valence-electron chi connectivity index (χ4n) is 3.35. The lowest BCUT2D eigenvalue weighted by atomic mass is 9.75. The SMILES string of the molecule is CCOC(=O)C1(CCOC)CCN(C(=O)Cc2ccc(SC)cc2)CC1. The summed E-state index contributed by atoms with van der Waals surface area (Å²) in [5, 5.41) is 0. The highest BCUT2D eigenvalue weighted by Crippen LogP contribution is 2.36. The van der Waals surface area contributed by atoms with Crippen LogP contribution in [0.25, 0.3) is 0 Å². The molecule has 1 heterocycles. The molecule has 1 aliphatic rings. The molecule has 0 atom stereocenters. The second-order valence-corrected chi connectivity index (χ2v) is 7.53. The monoisotopic (exact) mass is 379 g/mol. The number of esters is 1. The lowest BCUT2D eigenvalue weighted by molar-refractivity contribution is -0.161. The molecular formula is C20H29NO4S. The number of nitrogens with zero attached hydrogens (tertiary/aromatic N) is 1. The maximum absolute atomic E-state index is 12.6. The van der Waals surface area contributed by atoms with Crippen molar-refractivity contribution in [3.8, 4) is 0 Å². The zero-order chi connectivity index (χ0) is 19.0. The van der Waals surface area contributed by atoms with E-state index in [1.54, 1.807) is 18.9 Å². The molecule has 1 aliphatic heterocycles. The van der Waals surface area contributed by atoms with Crippen LogP contribution in [-0.4, -0.2) is 56.4 Å². The first-order chi connectivity index (χ1) is 12.5. The molecule has 0 N–H and O–H groups in total. The fourth-order valence-corrected chi connectivity index (χ4v) is 3.76. The minimum Gasteiger partial charge on any atom is -0.466 e. The smallest absolute Gasteiger partial charge is 0.312 e. The molecule has 0 saturated carbocycles. The number of benzene rings is 1. The molecule has 1 amide bonds. The van der Waals surface area contributed by atoms with Gasteiger partial charge in [0, 0.05) is 31.7 Å². The van der Waals surface area contributed by atoms with Crippen LogP contribution in [0.2, 0.25) is 0 Å². The molecule has 1 aromatic carbocycles. The third-order valence-electron chi connectivity index (χ3n) is 5.08. The van der Waals surface area contributed by atoms with Gasteiger partial charge in [0.2, 0.25) is 5.91 Å². The summed E-state index contributed by atoms with van der Waals surface area (Å²) in [4.78, 5) is 28.2. The van der Waals surface area contributed by atoms with Crippen LogP contribution in [0.4, 0.5) is 0 Å². The maximum Gasteiger partial charge on any atom is 0.312 e. The van der Waals surface area contributed by atoms with Gasteiger partial charge in [-0.15, -0.1) is 11.8 Å². The summed E-state index contributed by atoms with van der Waals surface area (Å²) in [5.74, 6) is -0.0390. The third kappa shape index (κ3) is 5.24. The highest BCUT2D eigenvalue weighted by atomic mass is 32.2. The van der Waals surface area contributed by atoms with E-state index in [1.165, 1.54) is 4.90 Å². The number of piperidine rings is 1. The van der Waals surface area contributed by atoms with Gasteiger partial charge in [-0.25, -0.2) is 0 Å². The number of rotatable bonds is 8. The average Bonchev–Trinajstić information content (AvgIpc) is 2.67. The van der Waals surface area contributed by atoms with E-state index < -0.39 is 5.41 Å². The zero-order valence-corrected chi connectivity index (χ0v) is 16.8. The van der Waals surface area contributed by atoms with E-state index in [1.807, 2.05) is 42.3 Å². The summed E-state index contributed by atoms with van der Waals surface area (Å²) < 4.78 is 10.5. The lowest BCUT2D eigenvalue weighted by Gasteiger charge is -2.40. The van der Waals surface area contributed by atoms with E-state index in [0.29, 0.717) is 52.0 Å². The summed E-state index contributed by atoms with van der Waals surface area (Å²) in [6.45, 7) is 3.90. The second-order valence-electron chi connectivity index (χ2n) is 6.65. The van der Waals surface area contributed by atoms with Gasteiger partial charge in [-0.2, -0.15) is 0 Å². The first-order valence-electron chi connectivity index (χ1n) is 9.11. The minimum atomic E-state index is -0.525. The second kappa shape index (κ2) is 9.97. The lowest BCUT2D eigenvalue weighted by Crippen LogP contribution is -2.48. The molecule has 26 heavy (non-hydrogen) atoms. The van der Waals surface area contributed by atoms with Crippen molar-refractivity contribution in [2.24, 2.45) is 5.41 Å².